The molecule has 6 rings (SSSR count). The van der Waals surface area contributed by atoms with Gasteiger partial charge in [0.1, 0.15) is 16.8 Å². The molecule has 2 N–H and O–H groups in total. The Morgan fingerprint density at radius 1 is 0.927 bits per heavy atom. The van der Waals surface area contributed by atoms with Crippen LogP contribution in [0.2, 0.25) is 0 Å². The van der Waals surface area contributed by atoms with E-state index >= 15 is 0 Å². The van der Waals surface area contributed by atoms with E-state index in [0.717, 1.165) is 81.8 Å². The maximum atomic E-state index is 13.4. The van der Waals surface area contributed by atoms with Gasteiger partial charge in [0.2, 0.25) is 0 Å². The lowest BCUT2D eigenvalue weighted by Crippen LogP contribution is -2.60. The first-order valence-corrected chi connectivity index (χ1v) is 18.8. The van der Waals surface area contributed by atoms with Gasteiger partial charge in [0.25, 0.3) is 5.91 Å². The number of aromatic nitrogens is 5. The van der Waals surface area contributed by atoms with Crippen molar-refractivity contribution in [3.63, 3.8) is 0 Å². The summed E-state index contributed by atoms with van der Waals surface area (Å²) in [6.07, 6.45) is 0.484. The highest BCUT2D eigenvalue weighted by atomic mass is 19.4. The van der Waals surface area contributed by atoms with Crippen molar-refractivity contribution in [3.05, 3.63) is 83.2 Å². The van der Waals surface area contributed by atoms with Crippen LogP contribution in [0, 0.1) is 6.92 Å². The summed E-state index contributed by atoms with van der Waals surface area (Å²) in [7, 11) is 0. The average Bonchev–Trinajstić information content (AvgIpc) is 3.82. The zero-order valence-corrected chi connectivity index (χ0v) is 32.8. The van der Waals surface area contributed by atoms with Crippen LogP contribution in [0.5, 0.6) is 0 Å². The van der Waals surface area contributed by atoms with E-state index in [0.29, 0.717) is 18.7 Å². The van der Waals surface area contributed by atoms with Crippen LogP contribution in [0.1, 0.15) is 87.5 Å². The van der Waals surface area contributed by atoms with Crippen LogP contribution in [-0.2, 0) is 23.2 Å². The van der Waals surface area contributed by atoms with Gasteiger partial charge in [-0.25, -0.2) is 14.5 Å². The van der Waals surface area contributed by atoms with Gasteiger partial charge in [-0.1, -0.05) is 30.3 Å². The molecule has 4 aromatic rings. The molecule has 12 nitrogen and oxygen atoms in total. The van der Waals surface area contributed by atoms with Gasteiger partial charge in [-0.3, -0.25) is 19.7 Å². The molecule has 2 saturated heterocycles. The molecule has 2 aliphatic rings. The molecule has 2 aromatic carbocycles. The molecule has 0 atom stereocenters. The second-order valence-electron chi connectivity index (χ2n) is 16.5. The van der Waals surface area contributed by atoms with Crippen LogP contribution in [0.3, 0.4) is 0 Å². The summed E-state index contributed by atoms with van der Waals surface area (Å²) >= 11 is 0. The van der Waals surface area contributed by atoms with Gasteiger partial charge in [-0.05, 0) is 95.7 Å². The summed E-state index contributed by atoms with van der Waals surface area (Å²) in [4.78, 5) is 36.2. The number of nitrogens with one attached hydrogen (secondary N) is 2. The van der Waals surface area contributed by atoms with Gasteiger partial charge in [-0.2, -0.15) is 23.4 Å². The fourth-order valence-corrected chi connectivity index (χ4v) is 7.04. The summed E-state index contributed by atoms with van der Waals surface area (Å²) in [5.41, 5.74) is 2.93. The molecular weight excluding hydrogens is 711 g/mol. The highest BCUT2D eigenvalue weighted by molar-refractivity contribution is 5.93. The smallest absolute Gasteiger partial charge is 0.410 e. The number of halogens is 3. The number of nitrogens with zero attached hydrogens (tertiary/aromatic N) is 7. The predicted molar refractivity (Wildman–Crippen MR) is 203 cm³/mol. The van der Waals surface area contributed by atoms with Crippen LogP contribution >= 0.6 is 0 Å². The third-order valence-corrected chi connectivity index (χ3v) is 10.8. The normalized spacial score (nSPS) is 17.3. The largest absolute Gasteiger partial charge is 0.444 e. The summed E-state index contributed by atoms with van der Waals surface area (Å²) in [6, 6.07) is 14.8. The number of piperazine rings is 1. The van der Waals surface area contributed by atoms with Crippen molar-refractivity contribution in [2.24, 2.45) is 0 Å². The molecule has 2 aliphatic heterocycles. The number of aromatic amines is 1. The number of carbonyl (C=O) groups excluding carboxylic acids is 2. The predicted octanol–water partition coefficient (Wildman–Crippen LogP) is 6.64. The first kappa shape index (κ1) is 39.9. The molecule has 4 heterocycles. The van der Waals surface area contributed by atoms with E-state index in [1.54, 1.807) is 10.9 Å². The minimum atomic E-state index is -4.52. The van der Waals surface area contributed by atoms with Crippen molar-refractivity contribution in [3.8, 4) is 16.8 Å². The van der Waals surface area contributed by atoms with Crippen LogP contribution in [0.15, 0.2) is 54.9 Å². The Morgan fingerprint density at radius 2 is 1.58 bits per heavy atom. The second-order valence-corrected chi connectivity index (χ2v) is 16.5. The summed E-state index contributed by atoms with van der Waals surface area (Å²) in [5.74, 6) is -0.715. The van der Waals surface area contributed by atoms with Gasteiger partial charge in [0.05, 0.1) is 24.0 Å². The molecular formula is C40H52F3N9O3. The van der Waals surface area contributed by atoms with E-state index in [9.17, 15) is 22.8 Å². The number of aryl methyl sites for hydroxylation is 1. The fraction of sp³-hybridized carbons (Fsp3) is 0.525. The van der Waals surface area contributed by atoms with E-state index in [1.807, 2.05) is 44.7 Å². The van der Waals surface area contributed by atoms with E-state index in [2.05, 4.69) is 72.7 Å². The summed E-state index contributed by atoms with van der Waals surface area (Å²) in [6.45, 7) is 18.0. The van der Waals surface area contributed by atoms with Crippen molar-refractivity contribution in [2.45, 2.75) is 97.1 Å². The molecule has 0 radical (unpaired) electrons. The van der Waals surface area contributed by atoms with Crippen molar-refractivity contribution in [2.75, 3.05) is 39.3 Å². The Hall–Kier alpha value is -4.76. The Kier molecular flexibility index (Phi) is 11.2. The van der Waals surface area contributed by atoms with Crippen LogP contribution in [0.25, 0.3) is 16.8 Å². The van der Waals surface area contributed by atoms with Crippen LogP contribution < -0.4 is 5.32 Å². The van der Waals surface area contributed by atoms with Crippen LogP contribution in [0.4, 0.5) is 18.0 Å². The fourth-order valence-electron chi connectivity index (χ4n) is 7.04. The first-order valence-electron chi connectivity index (χ1n) is 18.8. The lowest BCUT2D eigenvalue weighted by atomic mass is 9.87. The molecule has 2 fully saturated rings. The number of likely N-dealkylation sites (tertiary alicyclic amines) is 1. The monoisotopic (exact) mass is 763 g/mol. The molecule has 15 heteroatoms. The van der Waals surface area contributed by atoms with Crippen molar-refractivity contribution < 1.29 is 27.5 Å². The maximum absolute atomic E-state index is 13.4. The number of carbonyl (C=O) groups is 2. The highest BCUT2D eigenvalue weighted by Crippen LogP contribution is 2.38. The molecule has 0 aliphatic carbocycles. The standard InChI is InChI=1S/C40H52F3N9O3/c1-27-22-30(12-13-32(27)52-26-31(23-45-52)34(53)44-24-33-46-35(48-47-33)38(5,6)40(41,42)43)29-10-8-28(9-11-29)25-49-16-14-39(7,15-17-49)51-20-18-50(19-21-51)36(54)55-37(2,3)4/h8-13,22-23,26H,14-21,24-25H2,1-7H3,(H,44,53)(H,46,47,48). The molecule has 2 amide bonds. The van der Waals surface area contributed by atoms with Gasteiger partial charge in [-0.15, -0.1) is 0 Å². The van der Waals surface area contributed by atoms with Crippen LogP contribution in [-0.4, -0.2) is 108 Å². The number of H-pyrrole nitrogens is 1. The molecule has 0 spiro atoms. The average molecular weight is 764 g/mol. The minimum Gasteiger partial charge on any atom is -0.444 e. The quantitative estimate of drug-likeness (QED) is 0.195. The molecule has 0 saturated carbocycles. The van der Waals surface area contributed by atoms with E-state index in [1.165, 1.54) is 11.8 Å². The number of rotatable bonds is 9. The number of hydrogen-bond donors (Lipinski definition) is 2. The molecule has 0 bridgehead atoms. The van der Waals surface area contributed by atoms with Gasteiger partial charge in [0, 0.05) is 57.5 Å². The third kappa shape index (κ3) is 9.21. The number of hydrogen-bond acceptors (Lipinski definition) is 8. The Balaban J connectivity index is 0.984. The Labute approximate surface area is 320 Å². The third-order valence-electron chi connectivity index (χ3n) is 10.8. The minimum absolute atomic E-state index is 0.117. The number of benzene rings is 2. The maximum Gasteiger partial charge on any atom is 0.410 e. The topological polar surface area (TPSA) is 125 Å². The Morgan fingerprint density at radius 3 is 2.20 bits per heavy atom. The molecule has 296 valence electrons. The zero-order valence-electron chi connectivity index (χ0n) is 32.8. The zero-order chi connectivity index (χ0) is 39.8. The van der Waals surface area contributed by atoms with Crippen molar-refractivity contribution >= 4 is 12.0 Å². The second kappa shape index (κ2) is 15.4. The molecule has 0 unspecified atom stereocenters. The van der Waals surface area contributed by atoms with E-state index in [-0.39, 0.29) is 24.0 Å². The Bertz CT molecular complexity index is 1960. The lowest BCUT2D eigenvalue weighted by Gasteiger charge is -2.49. The lowest BCUT2D eigenvalue weighted by molar-refractivity contribution is -0.182. The van der Waals surface area contributed by atoms with Gasteiger partial charge < -0.3 is 15.0 Å². The number of alkyl halides is 3. The molecule has 55 heavy (non-hydrogen) atoms. The number of ether oxygens (including phenoxy) is 1. The highest BCUT2D eigenvalue weighted by Gasteiger charge is 2.51. The van der Waals surface area contributed by atoms with Gasteiger partial charge >= 0.3 is 12.3 Å². The SMILES string of the molecule is Cc1cc(-c2ccc(CN3CCC(C)(N4CCN(C(=O)OC(C)(C)C)CC4)CC3)cc2)ccc1-n1cc(C(=O)NCc2nc(C(C)(C)C(F)(F)F)n[nH]2)cn1. The summed E-state index contributed by atoms with van der Waals surface area (Å²) in [5, 5.41) is 13.2. The number of amides is 2. The molecule has 2 aromatic heterocycles. The first-order chi connectivity index (χ1) is 25.8. The van der Waals surface area contributed by atoms with Crippen molar-refractivity contribution in [1.82, 2.24) is 45.0 Å². The van der Waals surface area contributed by atoms with E-state index in [4.69, 9.17) is 4.74 Å². The van der Waals surface area contributed by atoms with Crippen molar-refractivity contribution in [1.29, 1.82) is 0 Å². The van der Waals surface area contributed by atoms with E-state index < -0.39 is 28.9 Å². The summed E-state index contributed by atoms with van der Waals surface area (Å²) < 4.78 is 47.3. The van der Waals surface area contributed by atoms with Gasteiger partial charge in [0.15, 0.2) is 5.82 Å². The number of piperidine rings is 1.